The zero-order chi connectivity index (χ0) is 76.7. The maximum atomic E-state index is 14.5. The molecule has 0 aliphatic rings. The fraction of sp³-hybridized carbons (Fsp3) is 0.889. The van der Waals surface area contributed by atoms with E-state index in [0.717, 1.165) is 64.2 Å². The van der Waals surface area contributed by atoms with E-state index in [4.69, 9.17) is 32.4 Å². The zero-order valence-corrected chi connectivity index (χ0v) is 67.1. The Morgan fingerprint density at radius 1 is 0.317 bits per heavy atom. The largest absolute Gasteiger partial charge is 0.480 e. The first-order valence-corrected chi connectivity index (χ1v) is 43.4. The highest BCUT2D eigenvalue weighted by Crippen LogP contribution is 2.20. The van der Waals surface area contributed by atoms with Crippen LogP contribution in [-0.2, 0) is 52.6 Å². The Kier molecular flexibility index (Phi) is 69.4. The minimum Gasteiger partial charge on any atom is -0.480 e. The van der Waals surface area contributed by atoms with Gasteiger partial charge in [-0.2, -0.15) is 11.8 Å². The van der Waals surface area contributed by atoms with Crippen LogP contribution in [0.5, 0.6) is 0 Å². The van der Waals surface area contributed by atoms with Crippen LogP contribution in [0, 0.1) is 0 Å². The molecule has 0 bridgehead atoms. The number of aliphatic carboxylic acids is 1. The predicted molar refractivity (Wildman–Crippen MR) is 426 cm³/mol. The fourth-order valence-corrected chi connectivity index (χ4v) is 13.8. The third-order valence-electron chi connectivity index (χ3n) is 19.5. The number of amides is 6. The van der Waals surface area contributed by atoms with Crippen LogP contribution in [0.3, 0.4) is 0 Å². The Morgan fingerprint density at radius 2 is 0.606 bits per heavy atom. The Labute approximate surface area is 635 Å². The molecule has 0 rings (SSSR count). The number of rotatable bonds is 77. The van der Waals surface area contributed by atoms with Crippen LogP contribution in [0.2, 0.25) is 0 Å². The van der Waals surface area contributed by atoms with Gasteiger partial charge in [0.1, 0.15) is 49.0 Å². The van der Waals surface area contributed by atoms with E-state index in [-0.39, 0.29) is 74.9 Å². The summed E-state index contributed by atoms with van der Waals surface area (Å²) < 4.78 is 11.8. The van der Waals surface area contributed by atoms with Gasteiger partial charge in [0, 0.05) is 30.8 Å². The molecule has 0 aliphatic carbocycles. The molecule has 0 heterocycles. The van der Waals surface area contributed by atoms with Crippen LogP contribution < -0.4 is 54.8 Å². The summed E-state index contributed by atoms with van der Waals surface area (Å²) in [5.41, 5.74) is 23.1. The Morgan fingerprint density at radius 3 is 0.942 bits per heavy atom. The number of carboxylic acid groups (broad SMARTS) is 1. The average Bonchev–Trinajstić information content (AvgIpc) is 0.870. The number of carboxylic acids is 1. The summed E-state index contributed by atoms with van der Waals surface area (Å²) in [5, 5.41) is 26.5. The number of nitrogens with one attached hydrogen (secondary N) is 6. The van der Waals surface area contributed by atoms with Crippen molar-refractivity contribution >= 4 is 65.1 Å². The smallest absolute Gasteiger partial charge is 0.326 e. The fourth-order valence-electron chi connectivity index (χ4n) is 12.8. The van der Waals surface area contributed by atoms with Gasteiger partial charge < -0.3 is 69.4 Å². The molecule has 23 heteroatoms. The number of hydrogen-bond donors (Lipinski definition) is 11. The number of unbranched alkanes of at least 4 members (excludes halogenated alkanes) is 40. The maximum Gasteiger partial charge on any atom is 0.326 e. The summed E-state index contributed by atoms with van der Waals surface area (Å²) in [7, 11) is 0. The lowest BCUT2D eigenvalue weighted by molar-refractivity contribution is -0.157. The normalized spacial score (nSPS) is 13.4. The van der Waals surface area contributed by atoms with Gasteiger partial charge in [-0.1, -0.05) is 252 Å². The lowest BCUT2D eigenvalue weighted by Gasteiger charge is -2.27. The Hall–Kier alpha value is -4.58. The molecule has 1 unspecified atom stereocenters. The second-order valence-corrected chi connectivity index (χ2v) is 30.5. The molecule has 22 nitrogen and oxygen atoms in total. The number of carbonyl (C=O) groups excluding carboxylic acids is 8. The summed E-state index contributed by atoms with van der Waals surface area (Å²) >= 11 is 1.26. The van der Waals surface area contributed by atoms with Crippen molar-refractivity contribution in [2.75, 3.05) is 44.3 Å². The SMILES string of the molecule is CCCCCCCCCCCCCCCC(=O)N[C@@H](CSCC(COC(=O)CCCCCCCCCCCCCCC)OC(=O)CCCCCCCCCCCCCCC)C(=O)N[C@@H](C)C(=O)N[C@@H](CCCCN)C(=O)N[C@@H](CCCCN)C(=O)N[C@@H](CCCCN)C(=O)N[C@@H](CCCCN)C(=O)O. The molecule has 15 N–H and O–H groups in total. The Bertz CT molecular complexity index is 2150. The molecule has 0 aliphatic heterocycles. The van der Waals surface area contributed by atoms with Gasteiger partial charge in [-0.3, -0.25) is 38.4 Å². The van der Waals surface area contributed by atoms with Gasteiger partial charge in [0.2, 0.25) is 35.4 Å². The van der Waals surface area contributed by atoms with E-state index in [0.29, 0.717) is 96.8 Å². The minimum atomic E-state index is -1.23. The Balaban J connectivity index is 6.52. The molecular formula is C81H156N10O12S. The molecule has 0 saturated carbocycles. The maximum absolute atomic E-state index is 14.5. The summed E-state index contributed by atoms with van der Waals surface area (Å²) in [4.78, 5) is 124. The van der Waals surface area contributed by atoms with Crippen LogP contribution in [0.1, 0.15) is 374 Å². The summed E-state index contributed by atoms with van der Waals surface area (Å²) in [5.74, 6) is -5.61. The number of hydrogen-bond acceptors (Lipinski definition) is 16. The van der Waals surface area contributed by atoms with Gasteiger partial charge in [-0.25, -0.2) is 4.79 Å². The van der Waals surface area contributed by atoms with Gasteiger partial charge >= 0.3 is 17.9 Å². The van der Waals surface area contributed by atoms with E-state index in [9.17, 15) is 48.3 Å². The highest BCUT2D eigenvalue weighted by atomic mass is 32.2. The molecule has 7 atom stereocenters. The quantitative estimate of drug-likeness (QED) is 0.0199. The molecule has 608 valence electrons. The van der Waals surface area contributed by atoms with Crippen molar-refractivity contribution in [3.63, 3.8) is 0 Å². The van der Waals surface area contributed by atoms with Gasteiger partial charge in [-0.05, 0) is 129 Å². The molecule has 0 aromatic heterocycles. The van der Waals surface area contributed by atoms with Gasteiger partial charge in [0.15, 0.2) is 0 Å². The van der Waals surface area contributed by atoms with E-state index in [1.54, 1.807) is 0 Å². The van der Waals surface area contributed by atoms with Crippen LogP contribution in [-0.4, -0.2) is 145 Å². The van der Waals surface area contributed by atoms with Crippen LogP contribution >= 0.6 is 11.8 Å². The molecule has 0 aromatic rings. The van der Waals surface area contributed by atoms with Crippen molar-refractivity contribution in [3.8, 4) is 0 Å². The van der Waals surface area contributed by atoms with Crippen LogP contribution in [0.25, 0.3) is 0 Å². The van der Waals surface area contributed by atoms with Crippen molar-refractivity contribution in [1.29, 1.82) is 0 Å². The monoisotopic (exact) mass is 1490 g/mol. The molecule has 0 saturated heterocycles. The van der Waals surface area contributed by atoms with E-state index in [2.05, 4.69) is 52.7 Å². The first kappa shape index (κ1) is 99.4. The molecular weight excluding hydrogens is 1340 g/mol. The van der Waals surface area contributed by atoms with Gasteiger partial charge in [0.25, 0.3) is 0 Å². The highest BCUT2D eigenvalue weighted by Gasteiger charge is 2.33. The number of esters is 2. The summed E-state index contributed by atoms with van der Waals surface area (Å²) in [6, 6.07) is -7.15. The molecule has 104 heavy (non-hydrogen) atoms. The first-order valence-electron chi connectivity index (χ1n) is 42.3. The van der Waals surface area contributed by atoms with Crippen molar-refractivity contribution in [3.05, 3.63) is 0 Å². The molecule has 0 fully saturated rings. The van der Waals surface area contributed by atoms with Crippen molar-refractivity contribution in [1.82, 2.24) is 31.9 Å². The van der Waals surface area contributed by atoms with Crippen molar-refractivity contribution in [2.24, 2.45) is 22.9 Å². The lowest BCUT2D eigenvalue weighted by atomic mass is 10.0. The standard InChI is InChI=1S/C81H156N10O12S/c1-5-8-11-14-17-20-23-26-29-32-35-38-41-56-73(92)87-72(65-104-64-67(103-75(94)58-43-40-37-34-31-28-25-22-19-16-13-10-7-3)63-102-74(93)57-42-39-36-33-30-27-24-21-18-15-12-9-6-2)80(99)86-66(4)76(95)88-68(52-44-48-59-82)77(96)89-69(53-45-49-60-83)78(97)90-70(54-46-50-61-84)79(98)91-71(81(100)101)55-47-51-62-85/h66-72H,5-65,82-85H2,1-4H3,(H,86,99)(H,87,92)(H,88,95)(H,89,96)(H,90,97)(H,91,98)(H,100,101)/t66-,67?,68-,69-,70-,71-,72-/m0/s1. The topological polar surface area (TPSA) is 369 Å². The lowest BCUT2D eigenvalue weighted by Crippen LogP contribution is -2.59. The third-order valence-corrected chi connectivity index (χ3v) is 20.7. The zero-order valence-electron chi connectivity index (χ0n) is 66.3. The van der Waals surface area contributed by atoms with Crippen molar-refractivity contribution < 1.29 is 57.7 Å². The number of thioether (sulfide) groups is 1. The summed E-state index contributed by atoms with van der Waals surface area (Å²) in [6.45, 7) is 9.32. The second kappa shape index (κ2) is 72.6. The predicted octanol–water partition coefficient (Wildman–Crippen LogP) is 14.1. The third kappa shape index (κ3) is 59.5. The summed E-state index contributed by atoms with van der Waals surface area (Å²) in [6.07, 6.45) is 49.7. The molecule has 0 aromatic carbocycles. The van der Waals surface area contributed by atoms with Crippen LogP contribution in [0.15, 0.2) is 0 Å². The van der Waals surface area contributed by atoms with E-state index in [1.807, 2.05) is 0 Å². The van der Waals surface area contributed by atoms with Crippen LogP contribution in [0.4, 0.5) is 0 Å². The number of ether oxygens (including phenoxy) is 2. The number of nitrogens with two attached hydrogens (primary N) is 4. The first-order chi connectivity index (χ1) is 50.5. The minimum absolute atomic E-state index is 0.0204. The van der Waals surface area contributed by atoms with Gasteiger partial charge in [-0.15, -0.1) is 0 Å². The van der Waals surface area contributed by atoms with Crippen molar-refractivity contribution in [2.45, 2.75) is 417 Å². The number of carbonyl (C=O) groups is 9. The molecule has 0 radical (unpaired) electrons. The molecule has 0 spiro atoms. The van der Waals surface area contributed by atoms with E-state index < -0.39 is 83.8 Å². The van der Waals surface area contributed by atoms with E-state index >= 15 is 0 Å². The van der Waals surface area contributed by atoms with E-state index in [1.165, 1.54) is 186 Å². The average molecular weight is 1490 g/mol. The molecule has 6 amide bonds. The van der Waals surface area contributed by atoms with Gasteiger partial charge in [0.05, 0.1) is 0 Å². The highest BCUT2D eigenvalue weighted by molar-refractivity contribution is 7.99. The second-order valence-electron chi connectivity index (χ2n) is 29.4.